The fourth-order valence-corrected chi connectivity index (χ4v) is 2.86. The highest BCUT2D eigenvalue weighted by molar-refractivity contribution is 7.80. The average Bonchev–Trinajstić information content (AvgIpc) is 2.76. The number of nitrogens with one attached hydrogen (secondary N) is 2. The smallest absolute Gasteiger partial charge is 0.343 e. The third kappa shape index (κ3) is 6.94. The van der Waals surface area contributed by atoms with Crippen molar-refractivity contribution in [2.75, 3.05) is 11.9 Å². The summed E-state index contributed by atoms with van der Waals surface area (Å²) in [5.74, 6) is 0.726. The van der Waals surface area contributed by atoms with Gasteiger partial charge in [0.05, 0.1) is 18.4 Å². The summed E-state index contributed by atoms with van der Waals surface area (Å²) < 4.78 is 10.8. The van der Waals surface area contributed by atoms with Crippen LogP contribution in [-0.2, 0) is 0 Å². The second-order valence-corrected chi connectivity index (χ2v) is 7.02. The summed E-state index contributed by atoms with van der Waals surface area (Å²) in [6.07, 6.45) is 1.63. The molecule has 31 heavy (non-hydrogen) atoms. The van der Waals surface area contributed by atoms with Crippen LogP contribution in [0.3, 0.4) is 0 Å². The molecule has 0 aliphatic heterocycles. The first-order valence-corrected chi connectivity index (χ1v) is 10.2. The standard InChI is InChI=1S/C24H23N3O3S/c1-3-29-21-13-9-19(10-14-21)23(28)30-22-11-7-18(8-12-22)16-25-27-24(31)26-20-6-4-5-17(2)15-20/h4-16H,3H2,1-2H3,(H2,26,27,31)/b25-16+. The Hall–Kier alpha value is -3.71. The van der Waals surface area contributed by atoms with Gasteiger partial charge < -0.3 is 14.8 Å². The molecule has 0 saturated carbocycles. The molecule has 3 aromatic carbocycles. The molecule has 3 aromatic rings. The molecule has 0 saturated heterocycles. The van der Waals surface area contributed by atoms with Crippen LogP contribution in [0, 0.1) is 6.92 Å². The van der Waals surface area contributed by atoms with Gasteiger partial charge in [0.15, 0.2) is 5.11 Å². The summed E-state index contributed by atoms with van der Waals surface area (Å²) in [5, 5.41) is 7.58. The number of anilines is 1. The second kappa shape index (κ2) is 10.9. The molecule has 0 aliphatic carbocycles. The Morgan fingerprint density at radius 2 is 1.74 bits per heavy atom. The molecule has 158 valence electrons. The van der Waals surface area contributed by atoms with Crippen LogP contribution in [0.15, 0.2) is 77.9 Å². The van der Waals surface area contributed by atoms with Crippen molar-refractivity contribution in [1.82, 2.24) is 5.43 Å². The quantitative estimate of drug-likeness (QED) is 0.181. The van der Waals surface area contributed by atoms with Crippen LogP contribution in [0.25, 0.3) is 0 Å². The molecule has 0 spiro atoms. The maximum absolute atomic E-state index is 12.3. The van der Waals surface area contributed by atoms with Gasteiger partial charge in [-0.3, -0.25) is 5.43 Å². The van der Waals surface area contributed by atoms with Gasteiger partial charge in [-0.15, -0.1) is 0 Å². The van der Waals surface area contributed by atoms with Crippen molar-refractivity contribution >= 4 is 35.2 Å². The Kier molecular flexibility index (Phi) is 7.73. The number of carbonyl (C=O) groups is 1. The lowest BCUT2D eigenvalue weighted by Crippen LogP contribution is -2.23. The molecule has 0 amide bonds. The topological polar surface area (TPSA) is 72.0 Å². The maximum Gasteiger partial charge on any atom is 0.343 e. The van der Waals surface area contributed by atoms with Gasteiger partial charge in [0.1, 0.15) is 11.5 Å². The van der Waals surface area contributed by atoms with Crippen LogP contribution in [-0.4, -0.2) is 23.9 Å². The number of esters is 1. The molecule has 0 fully saturated rings. The van der Waals surface area contributed by atoms with Crippen LogP contribution in [0.2, 0.25) is 0 Å². The third-order valence-corrected chi connectivity index (χ3v) is 4.34. The minimum absolute atomic E-state index is 0.391. The van der Waals surface area contributed by atoms with Crippen molar-refractivity contribution in [2.45, 2.75) is 13.8 Å². The first-order valence-electron chi connectivity index (χ1n) is 9.75. The van der Waals surface area contributed by atoms with Gasteiger partial charge in [-0.25, -0.2) is 4.79 Å². The summed E-state index contributed by atoms with van der Waals surface area (Å²) >= 11 is 5.23. The van der Waals surface area contributed by atoms with E-state index < -0.39 is 5.97 Å². The minimum atomic E-state index is -0.432. The van der Waals surface area contributed by atoms with E-state index in [0.29, 0.717) is 28.8 Å². The Morgan fingerprint density at radius 1 is 1.03 bits per heavy atom. The van der Waals surface area contributed by atoms with Crippen molar-refractivity contribution in [1.29, 1.82) is 0 Å². The van der Waals surface area contributed by atoms with Crippen molar-refractivity contribution in [2.24, 2.45) is 5.10 Å². The van der Waals surface area contributed by atoms with Gasteiger partial charge in [0, 0.05) is 5.69 Å². The molecule has 0 heterocycles. The predicted molar refractivity (Wildman–Crippen MR) is 127 cm³/mol. The molecule has 6 nitrogen and oxygen atoms in total. The number of rotatable bonds is 7. The van der Waals surface area contributed by atoms with Crippen molar-refractivity contribution in [3.05, 3.63) is 89.5 Å². The van der Waals surface area contributed by atoms with E-state index in [0.717, 1.165) is 16.8 Å². The highest BCUT2D eigenvalue weighted by Gasteiger charge is 2.08. The first kappa shape index (κ1) is 22.0. The number of hydrogen-bond acceptors (Lipinski definition) is 5. The number of carbonyl (C=O) groups excluding carboxylic acids is 1. The molecular formula is C24H23N3O3S. The van der Waals surface area contributed by atoms with E-state index in [-0.39, 0.29) is 0 Å². The van der Waals surface area contributed by atoms with Gasteiger partial charge in [0.2, 0.25) is 0 Å². The summed E-state index contributed by atoms with van der Waals surface area (Å²) in [6, 6.07) is 21.7. The van der Waals surface area contributed by atoms with Gasteiger partial charge in [-0.05, 0) is 97.9 Å². The van der Waals surface area contributed by atoms with E-state index >= 15 is 0 Å². The largest absolute Gasteiger partial charge is 0.494 e. The lowest BCUT2D eigenvalue weighted by atomic mass is 10.2. The lowest BCUT2D eigenvalue weighted by Gasteiger charge is -2.07. The van der Waals surface area contributed by atoms with E-state index in [4.69, 9.17) is 21.7 Å². The molecule has 0 aromatic heterocycles. The summed E-state index contributed by atoms with van der Waals surface area (Å²) in [7, 11) is 0. The van der Waals surface area contributed by atoms with Gasteiger partial charge in [-0.2, -0.15) is 5.10 Å². The number of hydrogen-bond donors (Lipinski definition) is 2. The van der Waals surface area contributed by atoms with E-state index in [1.165, 1.54) is 0 Å². The Labute approximate surface area is 186 Å². The first-order chi connectivity index (χ1) is 15.0. The van der Waals surface area contributed by atoms with Crippen LogP contribution < -0.4 is 20.2 Å². The Morgan fingerprint density at radius 3 is 2.42 bits per heavy atom. The second-order valence-electron chi connectivity index (χ2n) is 6.61. The summed E-state index contributed by atoms with van der Waals surface area (Å²) in [6.45, 7) is 4.49. The van der Waals surface area contributed by atoms with E-state index in [9.17, 15) is 4.79 Å². The monoisotopic (exact) mass is 433 g/mol. The number of aryl methyl sites for hydroxylation is 1. The van der Waals surface area contributed by atoms with Crippen molar-refractivity contribution < 1.29 is 14.3 Å². The van der Waals surface area contributed by atoms with Crippen LogP contribution in [0.1, 0.15) is 28.4 Å². The molecule has 3 rings (SSSR count). The van der Waals surface area contributed by atoms with Crippen molar-refractivity contribution in [3.63, 3.8) is 0 Å². The van der Waals surface area contributed by atoms with Crippen molar-refractivity contribution in [3.8, 4) is 11.5 Å². The molecule has 0 radical (unpaired) electrons. The number of thiocarbonyl (C=S) groups is 1. The molecule has 2 N–H and O–H groups in total. The molecule has 0 unspecified atom stereocenters. The maximum atomic E-state index is 12.3. The normalized spacial score (nSPS) is 10.5. The van der Waals surface area contributed by atoms with Gasteiger partial charge in [0.25, 0.3) is 0 Å². The zero-order chi connectivity index (χ0) is 22.1. The third-order valence-electron chi connectivity index (χ3n) is 4.15. The molecule has 7 heteroatoms. The van der Waals surface area contributed by atoms with Crippen LogP contribution in [0.4, 0.5) is 5.69 Å². The van der Waals surface area contributed by atoms with E-state index in [1.54, 1.807) is 54.7 Å². The van der Waals surface area contributed by atoms with Gasteiger partial charge >= 0.3 is 5.97 Å². The SMILES string of the molecule is CCOc1ccc(C(=O)Oc2ccc(/C=N/NC(=S)Nc3cccc(C)c3)cc2)cc1. The lowest BCUT2D eigenvalue weighted by molar-refractivity contribution is 0.0734. The highest BCUT2D eigenvalue weighted by atomic mass is 32.1. The fourth-order valence-electron chi connectivity index (χ4n) is 2.69. The average molecular weight is 434 g/mol. The fraction of sp³-hybridized carbons (Fsp3) is 0.125. The predicted octanol–water partition coefficient (Wildman–Crippen LogP) is 4.93. The number of ether oxygens (including phenoxy) is 2. The molecule has 0 bridgehead atoms. The minimum Gasteiger partial charge on any atom is -0.494 e. The van der Waals surface area contributed by atoms with Crippen LogP contribution in [0.5, 0.6) is 11.5 Å². The molecule has 0 atom stereocenters. The molecular weight excluding hydrogens is 410 g/mol. The Bertz CT molecular complexity index is 1060. The van der Waals surface area contributed by atoms with Crippen LogP contribution >= 0.6 is 12.2 Å². The number of hydrazone groups is 1. The number of benzene rings is 3. The summed E-state index contributed by atoms with van der Waals surface area (Å²) in [5.41, 5.74) is 6.09. The summed E-state index contributed by atoms with van der Waals surface area (Å²) in [4.78, 5) is 12.3. The Balaban J connectivity index is 1.50. The van der Waals surface area contributed by atoms with E-state index in [1.807, 2.05) is 38.1 Å². The zero-order valence-electron chi connectivity index (χ0n) is 17.3. The van der Waals surface area contributed by atoms with Gasteiger partial charge in [-0.1, -0.05) is 12.1 Å². The number of nitrogens with zero attached hydrogens (tertiary/aromatic N) is 1. The van der Waals surface area contributed by atoms with E-state index in [2.05, 4.69) is 15.8 Å². The highest BCUT2D eigenvalue weighted by Crippen LogP contribution is 2.16. The zero-order valence-corrected chi connectivity index (χ0v) is 18.1. The molecule has 0 aliphatic rings.